The number of aromatic nitrogens is 3. The summed E-state index contributed by atoms with van der Waals surface area (Å²) < 4.78 is 1.87. The molecule has 0 aromatic carbocycles. The first-order valence-electron chi connectivity index (χ1n) is 8.34. The molecular formula is C18H22N6O2. The number of anilines is 1. The number of hydrogen-bond donors (Lipinski definition) is 2. The minimum Gasteiger partial charge on any atom is -0.367 e. The first kappa shape index (κ1) is 17.8. The van der Waals surface area contributed by atoms with Crippen LogP contribution in [-0.2, 0) is 4.79 Å². The molecule has 0 fully saturated rings. The third-order valence-electron chi connectivity index (χ3n) is 4.04. The lowest BCUT2D eigenvalue weighted by Crippen LogP contribution is -2.40. The molecule has 2 aromatic rings. The lowest BCUT2D eigenvalue weighted by Gasteiger charge is -2.32. The van der Waals surface area contributed by atoms with E-state index in [4.69, 9.17) is 0 Å². The van der Waals surface area contributed by atoms with E-state index in [9.17, 15) is 9.90 Å². The second-order valence-electron chi connectivity index (χ2n) is 6.53. The molecule has 136 valence electrons. The molecule has 0 saturated heterocycles. The van der Waals surface area contributed by atoms with Gasteiger partial charge in [-0.25, -0.2) is 9.97 Å². The monoisotopic (exact) mass is 354 g/mol. The van der Waals surface area contributed by atoms with Gasteiger partial charge in [-0.2, -0.15) is 5.10 Å². The van der Waals surface area contributed by atoms with Crippen molar-refractivity contribution >= 4 is 23.1 Å². The minimum absolute atomic E-state index is 0.102. The largest absolute Gasteiger partial charge is 0.367 e. The number of aliphatic hydroxyl groups excluding tert-OH is 1. The Balaban J connectivity index is 1.84. The fraction of sp³-hybridized carbons (Fsp3) is 0.333. The van der Waals surface area contributed by atoms with Gasteiger partial charge in [0.1, 0.15) is 24.5 Å². The molecule has 8 heteroatoms. The van der Waals surface area contributed by atoms with Gasteiger partial charge in [-0.15, -0.1) is 0 Å². The van der Waals surface area contributed by atoms with Crippen molar-refractivity contribution in [3.05, 3.63) is 48.7 Å². The van der Waals surface area contributed by atoms with Crippen molar-refractivity contribution in [2.75, 3.05) is 11.9 Å². The van der Waals surface area contributed by atoms with Crippen molar-refractivity contribution in [1.82, 2.24) is 19.5 Å². The Labute approximate surface area is 151 Å². The number of amides is 1. The van der Waals surface area contributed by atoms with Crippen LogP contribution in [0.5, 0.6) is 0 Å². The molecule has 1 amide bonds. The van der Waals surface area contributed by atoms with Crippen molar-refractivity contribution in [2.45, 2.75) is 27.0 Å². The topological polar surface area (TPSA) is 95.6 Å². The van der Waals surface area contributed by atoms with Gasteiger partial charge in [-0.1, -0.05) is 20.4 Å². The van der Waals surface area contributed by atoms with Crippen LogP contribution in [0, 0.1) is 5.92 Å². The molecule has 3 rings (SSSR count). The fourth-order valence-electron chi connectivity index (χ4n) is 2.71. The zero-order valence-corrected chi connectivity index (χ0v) is 15.0. The van der Waals surface area contributed by atoms with Crippen LogP contribution < -0.4 is 5.32 Å². The molecule has 8 nitrogen and oxygen atoms in total. The summed E-state index contributed by atoms with van der Waals surface area (Å²) in [5, 5.41) is 19.2. The van der Waals surface area contributed by atoms with E-state index in [2.05, 4.69) is 27.0 Å². The highest BCUT2D eigenvalue weighted by Gasteiger charge is 2.30. The molecule has 0 aliphatic carbocycles. The number of carbonyl (C=O) groups excluding carboxylic acids is 1. The Morgan fingerprint density at radius 3 is 2.85 bits per heavy atom. The molecule has 0 spiro atoms. The predicted octanol–water partition coefficient (Wildman–Crippen LogP) is 2.07. The maximum absolute atomic E-state index is 12.3. The van der Waals surface area contributed by atoms with Gasteiger partial charge in [0.15, 0.2) is 6.23 Å². The number of rotatable bonds is 5. The number of aliphatic hydroxyl groups is 1. The van der Waals surface area contributed by atoms with Gasteiger partial charge in [0.2, 0.25) is 5.91 Å². The predicted molar refractivity (Wildman–Crippen MR) is 99.1 cm³/mol. The molecule has 1 aliphatic rings. The second kappa shape index (κ2) is 7.09. The van der Waals surface area contributed by atoms with Crippen molar-refractivity contribution in [3.8, 4) is 0 Å². The Hall–Kier alpha value is -3.00. The van der Waals surface area contributed by atoms with Gasteiger partial charge in [-0.3, -0.25) is 9.80 Å². The number of carbonyl (C=O) groups is 1. The summed E-state index contributed by atoms with van der Waals surface area (Å²) in [6.45, 7) is 9.79. The van der Waals surface area contributed by atoms with Gasteiger partial charge in [0.05, 0.1) is 5.69 Å². The summed E-state index contributed by atoms with van der Waals surface area (Å²) in [4.78, 5) is 20.1. The van der Waals surface area contributed by atoms with E-state index in [0.717, 1.165) is 17.0 Å². The number of nitrogens with zero attached hydrogens (tertiary/aromatic N) is 5. The lowest BCUT2D eigenvalue weighted by molar-refractivity contribution is -0.120. The van der Waals surface area contributed by atoms with Crippen molar-refractivity contribution in [2.24, 2.45) is 11.0 Å². The molecule has 0 bridgehead atoms. The lowest BCUT2D eigenvalue weighted by atomic mass is 10.1. The molecule has 2 aromatic heterocycles. The first-order valence-corrected chi connectivity index (χ1v) is 8.34. The van der Waals surface area contributed by atoms with E-state index in [1.807, 2.05) is 37.6 Å². The Morgan fingerprint density at radius 1 is 1.46 bits per heavy atom. The van der Waals surface area contributed by atoms with Crippen molar-refractivity contribution in [1.29, 1.82) is 0 Å². The summed E-state index contributed by atoms with van der Waals surface area (Å²) in [5.41, 5.74) is 2.49. The SMILES string of the molecule is C=C(C)c1cc2n(c1)C(C(C)C)=NN(CC(=O)Nc1ccncn1)C2O. The molecule has 0 saturated carbocycles. The average Bonchev–Trinajstić information content (AvgIpc) is 3.04. The summed E-state index contributed by atoms with van der Waals surface area (Å²) in [6.07, 6.45) is 3.78. The Kier molecular flexibility index (Phi) is 4.85. The summed E-state index contributed by atoms with van der Waals surface area (Å²) >= 11 is 0. The molecule has 1 atom stereocenters. The molecular weight excluding hydrogens is 332 g/mol. The highest BCUT2D eigenvalue weighted by molar-refractivity contribution is 5.92. The summed E-state index contributed by atoms with van der Waals surface area (Å²) in [7, 11) is 0. The zero-order valence-electron chi connectivity index (χ0n) is 15.0. The van der Waals surface area contributed by atoms with Gasteiger partial charge >= 0.3 is 0 Å². The van der Waals surface area contributed by atoms with Crippen LogP contribution in [0.3, 0.4) is 0 Å². The van der Waals surface area contributed by atoms with Crippen molar-refractivity contribution in [3.63, 3.8) is 0 Å². The van der Waals surface area contributed by atoms with E-state index in [1.165, 1.54) is 11.3 Å². The van der Waals surface area contributed by atoms with Crippen LogP contribution in [0.25, 0.3) is 5.57 Å². The third-order valence-corrected chi connectivity index (χ3v) is 4.04. The number of allylic oxidation sites excluding steroid dienone is 1. The van der Waals surface area contributed by atoms with Crippen LogP contribution in [0.2, 0.25) is 0 Å². The smallest absolute Gasteiger partial charge is 0.246 e. The van der Waals surface area contributed by atoms with E-state index < -0.39 is 6.23 Å². The van der Waals surface area contributed by atoms with Crippen LogP contribution in [0.1, 0.15) is 38.3 Å². The molecule has 1 unspecified atom stereocenters. The summed E-state index contributed by atoms with van der Waals surface area (Å²) in [6, 6.07) is 3.47. The quantitative estimate of drug-likeness (QED) is 0.857. The second-order valence-corrected chi connectivity index (χ2v) is 6.53. The standard InChI is InChI=1S/C18H22N6O2/c1-11(2)13-7-14-18(26)24(22-17(12(3)4)23(14)8-13)9-16(25)21-15-5-6-19-10-20-15/h5-8,10,12,18,26H,1,9H2,2-4H3,(H,19,20,21,25). The normalized spacial score (nSPS) is 16.3. The maximum Gasteiger partial charge on any atom is 0.246 e. The number of nitrogens with one attached hydrogen (secondary N) is 1. The average molecular weight is 354 g/mol. The van der Waals surface area contributed by atoms with Crippen molar-refractivity contribution < 1.29 is 9.90 Å². The van der Waals surface area contributed by atoms with E-state index in [-0.39, 0.29) is 18.4 Å². The van der Waals surface area contributed by atoms with Crippen LogP contribution in [0.4, 0.5) is 5.82 Å². The molecule has 0 radical (unpaired) electrons. The van der Waals surface area contributed by atoms with Gasteiger partial charge in [0.25, 0.3) is 0 Å². The van der Waals surface area contributed by atoms with E-state index in [1.54, 1.807) is 12.3 Å². The van der Waals surface area contributed by atoms with Gasteiger partial charge in [-0.05, 0) is 30.2 Å². The number of hydrogen-bond acceptors (Lipinski definition) is 6. The minimum atomic E-state index is -1.03. The Bertz CT molecular complexity index is 856. The van der Waals surface area contributed by atoms with Crippen LogP contribution >= 0.6 is 0 Å². The number of hydrazone groups is 1. The highest BCUT2D eigenvalue weighted by Crippen LogP contribution is 2.29. The third kappa shape index (κ3) is 3.50. The maximum atomic E-state index is 12.3. The number of fused-ring (bicyclic) bond motifs is 1. The van der Waals surface area contributed by atoms with Crippen LogP contribution in [-0.4, -0.2) is 42.9 Å². The van der Waals surface area contributed by atoms with E-state index >= 15 is 0 Å². The molecule has 3 heterocycles. The highest BCUT2D eigenvalue weighted by atomic mass is 16.3. The molecule has 2 N–H and O–H groups in total. The summed E-state index contributed by atoms with van der Waals surface area (Å²) in [5.74, 6) is 0.943. The zero-order chi connectivity index (χ0) is 18.8. The first-order chi connectivity index (χ1) is 12.4. The Morgan fingerprint density at radius 2 is 2.23 bits per heavy atom. The molecule has 26 heavy (non-hydrogen) atoms. The van der Waals surface area contributed by atoms with Gasteiger partial charge < -0.3 is 15.0 Å². The molecule has 1 aliphatic heterocycles. The van der Waals surface area contributed by atoms with E-state index in [0.29, 0.717) is 11.5 Å². The van der Waals surface area contributed by atoms with Crippen LogP contribution in [0.15, 0.2) is 42.5 Å². The van der Waals surface area contributed by atoms with Gasteiger partial charge in [0, 0.05) is 18.3 Å². The fourth-order valence-corrected chi connectivity index (χ4v) is 2.71.